The third-order valence-electron chi connectivity index (χ3n) is 2.03. The Balaban J connectivity index is 0.000000292. The van der Waals surface area contributed by atoms with Crippen LogP contribution in [0.5, 0.6) is 0 Å². The Hall–Kier alpha value is -0.530. The lowest BCUT2D eigenvalue weighted by molar-refractivity contribution is -0.122. The number of carboxylic acid groups (broad SMARTS) is 1. The number of rotatable bonds is 2. The Labute approximate surface area is 68.6 Å². The van der Waals surface area contributed by atoms with Gasteiger partial charge >= 0.3 is 0 Å². The van der Waals surface area contributed by atoms with Crippen molar-refractivity contribution < 1.29 is 9.90 Å². The van der Waals surface area contributed by atoms with Crippen LogP contribution in [0.4, 0.5) is 0 Å². The summed E-state index contributed by atoms with van der Waals surface area (Å²) in [6.45, 7) is 4.39. The van der Waals surface area contributed by atoms with Crippen LogP contribution in [-0.4, -0.2) is 11.6 Å². The fraction of sp³-hybridized carbons (Fsp3) is 0.889. The molecule has 0 aromatic carbocycles. The first kappa shape index (κ1) is 10.5. The Bertz CT molecular complexity index is 95.7. The zero-order valence-electron chi connectivity index (χ0n) is 7.42. The minimum absolute atomic E-state index is 0.250. The van der Waals surface area contributed by atoms with Crippen LogP contribution in [0.2, 0.25) is 0 Å². The van der Waals surface area contributed by atoms with Crippen LogP contribution in [0, 0.1) is 11.8 Å². The zero-order chi connectivity index (χ0) is 8.69. The molecule has 1 saturated carbocycles. The smallest absolute Gasteiger partial charge is 0.290 e. The van der Waals surface area contributed by atoms with Crippen molar-refractivity contribution in [1.29, 1.82) is 0 Å². The summed E-state index contributed by atoms with van der Waals surface area (Å²) in [5.41, 5.74) is 0. The molecule has 2 heteroatoms. The van der Waals surface area contributed by atoms with E-state index in [1.165, 1.54) is 25.7 Å². The van der Waals surface area contributed by atoms with Gasteiger partial charge in [-0.2, -0.15) is 0 Å². The van der Waals surface area contributed by atoms with Crippen molar-refractivity contribution in [2.24, 2.45) is 11.8 Å². The van der Waals surface area contributed by atoms with Gasteiger partial charge in [0.15, 0.2) is 0 Å². The fourth-order valence-corrected chi connectivity index (χ4v) is 1.40. The molecule has 66 valence electrons. The standard InChI is InChI=1S/C8H16.CH2O2/c1-7(2)6-8-4-3-5-8;2-1-3/h7-8H,3-6H2,1-2H3;1H,(H,2,3). The Kier molecular flexibility index (Phi) is 5.90. The number of hydrogen-bond donors (Lipinski definition) is 1. The topological polar surface area (TPSA) is 37.3 Å². The molecular weight excluding hydrogens is 140 g/mol. The highest BCUT2D eigenvalue weighted by molar-refractivity contribution is 5.32. The van der Waals surface area contributed by atoms with Crippen LogP contribution in [0.3, 0.4) is 0 Å². The maximum absolute atomic E-state index is 8.36. The molecule has 1 aliphatic rings. The van der Waals surface area contributed by atoms with Crippen molar-refractivity contribution in [2.75, 3.05) is 0 Å². The van der Waals surface area contributed by atoms with Crippen LogP contribution in [0.1, 0.15) is 39.5 Å². The summed E-state index contributed by atoms with van der Waals surface area (Å²) >= 11 is 0. The largest absolute Gasteiger partial charge is 0.483 e. The molecule has 0 saturated heterocycles. The average molecular weight is 158 g/mol. The highest BCUT2D eigenvalue weighted by atomic mass is 16.3. The van der Waals surface area contributed by atoms with Crippen LogP contribution in [-0.2, 0) is 4.79 Å². The highest BCUT2D eigenvalue weighted by Gasteiger charge is 2.17. The zero-order valence-corrected chi connectivity index (χ0v) is 7.42. The van der Waals surface area contributed by atoms with E-state index >= 15 is 0 Å². The molecule has 0 heterocycles. The first-order chi connectivity index (χ1) is 5.20. The molecule has 0 radical (unpaired) electrons. The molecular formula is C9H18O2. The van der Waals surface area contributed by atoms with E-state index < -0.39 is 0 Å². The van der Waals surface area contributed by atoms with Gasteiger partial charge in [-0.3, -0.25) is 4.79 Å². The van der Waals surface area contributed by atoms with Gasteiger partial charge in [0.2, 0.25) is 0 Å². The molecule has 0 aromatic rings. The quantitative estimate of drug-likeness (QED) is 0.627. The first-order valence-corrected chi connectivity index (χ1v) is 4.28. The second-order valence-electron chi connectivity index (χ2n) is 3.53. The second-order valence-corrected chi connectivity index (χ2v) is 3.53. The fourth-order valence-electron chi connectivity index (χ4n) is 1.40. The molecule has 0 bridgehead atoms. The van der Waals surface area contributed by atoms with E-state index in [0.717, 1.165) is 11.8 Å². The Morgan fingerprint density at radius 1 is 1.55 bits per heavy atom. The molecule has 0 spiro atoms. The SMILES string of the molecule is CC(C)CC1CCC1.O=CO. The van der Waals surface area contributed by atoms with Gasteiger partial charge in [-0.25, -0.2) is 0 Å². The molecule has 0 atom stereocenters. The van der Waals surface area contributed by atoms with E-state index in [0.29, 0.717) is 0 Å². The minimum atomic E-state index is -0.250. The molecule has 1 fully saturated rings. The van der Waals surface area contributed by atoms with Crippen LogP contribution < -0.4 is 0 Å². The molecule has 0 aromatic heterocycles. The van der Waals surface area contributed by atoms with Crippen LogP contribution >= 0.6 is 0 Å². The average Bonchev–Trinajstić information content (AvgIpc) is 1.81. The summed E-state index contributed by atoms with van der Waals surface area (Å²) in [6, 6.07) is 0. The molecule has 11 heavy (non-hydrogen) atoms. The predicted molar refractivity (Wildman–Crippen MR) is 45.5 cm³/mol. The lowest BCUT2D eigenvalue weighted by Gasteiger charge is -2.26. The van der Waals surface area contributed by atoms with E-state index in [1.54, 1.807) is 0 Å². The summed E-state index contributed by atoms with van der Waals surface area (Å²) in [5, 5.41) is 6.89. The highest BCUT2D eigenvalue weighted by Crippen LogP contribution is 2.31. The van der Waals surface area contributed by atoms with Gasteiger partial charge in [-0.1, -0.05) is 33.1 Å². The Morgan fingerprint density at radius 3 is 2.09 bits per heavy atom. The number of carbonyl (C=O) groups is 1. The molecule has 0 aliphatic heterocycles. The summed E-state index contributed by atoms with van der Waals surface area (Å²) in [5.74, 6) is 2.04. The molecule has 1 aliphatic carbocycles. The molecule has 1 rings (SSSR count). The first-order valence-electron chi connectivity index (χ1n) is 4.28. The maximum atomic E-state index is 8.36. The van der Waals surface area contributed by atoms with Crippen molar-refractivity contribution >= 4 is 6.47 Å². The van der Waals surface area contributed by atoms with Gasteiger partial charge in [-0.05, 0) is 18.3 Å². The summed E-state index contributed by atoms with van der Waals surface area (Å²) in [7, 11) is 0. The maximum Gasteiger partial charge on any atom is 0.290 e. The summed E-state index contributed by atoms with van der Waals surface area (Å²) in [6.07, 6.45) is 5.99. The van der Waals surface area contributed by atoms with Crippen molar-refractivity contribution in [3.63, 3.8) is 0 Å². The van der Waals surface area contributed by atoms with E-state index in [-0.39, 0.29) is 6.47 Å². The minimum Gasteiger partial charge on any atom is -0.483 e. The number of hydrogen-bond acceptors (Lipinski definition) is 1. The second kappa shape index (κ2) is 6.20. The van der Waals surface area contributed by atoms with Gasteiger partial charge in [0.25, 0.3) is 6.47 Å². The van der Waals surface area contributed by atoms with E-state index in [1.807, 2.05) is 0 Å². The Morgan fingerprint density at radius 2 is 2.00 bits per heavy atom. The summed E-state index contributed by atoms with van der Waals surface area (Å²) < 4.78 is 0. The van der Waals surface area contributed by atoms with Crippen molar-refractivity contribution in [2.45, 2.75) is 39.5 Å². The van der Waals surface area contributed by atoms with E-state index in [9.17, 15) is 0 Å². The lowest BCUT2D eigenvalue weighted by atomic mass is 9.80. The molecule has 0 unspecified atom stereocenters. The molecule has 2 nitrogen and oxygen atoms in total. The van der Waals surface area contributed by atoms with Gasteiger partial charge in [0.1, 0.15) is 0 Å². The van der Waals surface area contributed by atoms with Crippen LogP contribution in [0.25, 0.3) is 0 Å². The predicted octanol–water partition coefficient (Wildman–Crippen LogP) is 2.53. The molecule has 0 amide bonds. The van der Waals surface area contributed by atoms with Crippen molar-refractivity contribution in [3.05, 3.63) is 0 Å². The lowest BCUT2D eigenvalue weighted by Crippen LogP contribution is -2.12. The van der Waals surface area contributed by atoms with E-state index in [4.69, 9.17) is 9.90 Å². The van der Waals surface area contributed by atoms with Crippen molar-refractivity contribution in [3.8, 4) is 0 Å². The van der Waals surface area contributed by atoms with E-state index in [2.05, 4.69) is 13.8 Å². The monoisotopic (exact) mass is 158 g/mol. The van der Waals surface area contributed by atoms with Gasteiger partial charge in [0, 0.05) is 0 Å². The normalized spacial score (nSPS) is 16.6. The molecule has 1 N–H and O–H groups in total. The van der Waals surface area contributed by atoms with Gasteiger partial charge in [0.05, 0.1) is 0 Å². The third kappa shape index (κ3) is 5.89. The van der Waals surface area contributed by atoms with Gasteiger partial charge in [-0.15, -0.1) is 0 Å². The van der Waals surface area contributed by atoms with Gasteiger partial charge < -0.3 is 5.11 Å². The van der Waals surface area contributed by atoms with Crippen LogP contribution in [0.15, 0.2) is 0 Å². The third-order valence-corrected chi connectivity index (χ3v) is 2.03. The summed E-state index contributed by atoms with van der Waals surface area (Å²) in [4.78, 5) is 8.36. The van der Waals surface area contributed by atoms with Crippen molar-refractivity contribution in [1.82, 2.24) is 0 Å².